The molecule has 5 nitrogen and oxygen atoms in total. The summed E-state index contributed by atoms with van der Waals surface area (Å²) in [6.07, 6.45) is 7.12. The Kier molecular flexibility index (Phi) is 4.55. The van der Waals surface area contributed by atoms with Crippen LogP contribution in [0.4, 0.5) is 0 Å². The van der Waals surface area contributed by atoms with Gasteiger partial charge in [-0.15, -0.1) is 11.3 Å². The van der Waals surface area contributed by atoms with Gasteiger partial charge in [-0.05, 0) is 41.3 Å². The lowest BCUT2D eigenvalue weighted by atomic mass is 10.1. The van der Waals surface area contributed by atoms with E-state index in [9.17, 15) is 0 Å². The van der Waals surface area contributed by atoms with Crippen molar-refractivity contribution >= 4 is 32.3 Å². The molecule has 0 atom stereocenters. The van der Waals surface area contributed by atoms with Gasteiger partial charge in [0.1, 0.15) is 10.6 Å². The molecule has 0 radical (unpaired) electrons. The van der Waals surface area contributed by atoms with E-state index in [4.69, 9.17) is 14.7 Å². The van der Waals surface area contributed by atoms with Crippen molar-refractivity contribution in [3.63, 3.8) is 0 Å². The van der Waals surface area contributed by atoms with Crippen LogP contribution in [0, 0.1) is 0 Å². The minimum atomic E-state index is 0.525. The lowest BCUT2D eigenvalue weighted by Crippen LogP contribution is -1.95. The van der Waals surface area contributed by atoms with Crippen LogP contribution in [0.5, 0.6) is 11.6 Å². The quantitative estimate of drug-likeness (QED) is 0.308. The van der Waals surface area contributed by atoms with Crippen molar-refractivity contribution in [2.24, 2.45) is 0 Å². The Morgan fingerprint density at radius 1 is 0.719 bits per heavy atom. The fourth-order valence-corrected chi connectivity index (χ4v) is 4.61. The molecule has 0 fully saturated rings. The van der Waals surface area contributed by atoms with Crippen LogP contribution in [-0.4, -0.2) is 19.9 Å². The third-order valence-electron chi connectivity index (χ3n) is 5.23. The molecule has 0 aliphatic carbocycles. The average molecular weight is 433 g/mol. The molecule has 0 amide bonds. The highest BCUT2D eigenvalue weighted by atomic mass is 32.1. The van der Waals surface area contributed by atoms with Gasteiger partial charge in [0, 0.05) is 46.7 Å². The van der Waals surface area contributed by atoms with Gasteiger partial charge in [0.05, 0.1) is 5.39 Å². The van der Waals surface area contributed by atoms with Gasteiger partial charge in [0.25, 0.3) is 0 Å². The number of hydrogen-bond donors (Lipinski definition) is 0. The maximum atomic E-state index is 6.39. The zero-order valence-electron chi connectivity index (χ0n) is 16.8. The third kappa shape index (κ3) is 3.36. The normalized spacial score (nSPS) is 11.1. The zero-order chi connectivity index (χ0) is 21.3. The Morgan fingerprint density at radius 2 is 1.59 bits per heavy atom. The standard InChI is InChI=1S/C26H16N4OS/c1-2-5-18(6-3-1)22-16-32-26-23(22)25(29-24(30-26)19-7-4-11-27-14-19)31-21-9-8-17-10-12-28-15-20(17)13-21/h1-16H. The van der Waals surface area contributed by atoms with Crippen LogP contribution in [0.15, 0.2) is 96.9 Å². The second kappa shape index (κ2) is 7.83. The number of rotatable bonds is 4. The average Bonchev–Trinajstić information content (AvgIpc) is 3.30. The first-order valence-corrected chi connectivity index (χ1v) is 11.0. The van der Waals surface area contributed by atoms with E-state index in [0.717, 1.165) is 37.7 Å². The number of nitrogens with zero attached hydrogens (tertiary/aromatic N) is 4. The van der Waals surface area contributed by atoms with Crippen LogP contribution in [0.1, 0.15) is 0 Å². The molecule has 4 aromatic heterocycles. The molecule has 0 aliphatic heterocycles. The lowest BCUT2D eigenvalue weighted by Gasteiger charge is -2.10. The first-order valence-electron chi connectivity index (χ1n) is 10.1. The number of pyridine rings is 2. The van der Waals surface area contributed by atoms with Crippen LogP contribution in [0.3, 0.4) is 0 Å². The molecule has 32 heavy (non-hydrogen) atoms. The van der Waals surface area contributed by atoms with Crippen molar-refractivity contribution in [1.29, 1.82) is 0 Å². The van der Waals surface area contributed by atoms with Crippen LogP contribution in [0.2, 0.25) is 0 Å². The number of ether oxygens (including phenoxy) is 1. The van der Waals surface area contributed by atoms with E-state index in [1.807, 2.05) is 60.8 Å². The smallest absolute Gasteiger partial charge is 0.232 e. The van der Waals surface area contributed by atoms with E-state index in [1.54, 1.807) is 29.9 Å². The molecule has 2 aromatic carbocycles. The van der Waals surface area contributed by atoms with Crippen molar-refractivity contribution < 1.29 is 4.74 Å². The summed E-state index contributed by atoms with van der Waals surface area (Å²) in [5, 5.41) is 5.13. The first kappa shape index (κ1) is 18.6. The van der Waals surface area contributed by atoms with E-state index >= 15 is 0 Å². The molecule has 6 aromatic rings. The predicted octanol–water partition coefficient (Wildman–Crippen LogP) is 6.76. The van der Waals surface area contributed by atoms with Crippen molar-refractivity contribution in [3.05, 3.63) is 96.9 Å². The molecular formula is C26H16N4OS. The van der Waals surface area contributed by atoms with Crippen LogP contribution >= 0.6 is 11.3 Å². The van der Waals surface area contributed by atoms with Crippen LogP contribution < -0.4 is 4.74 Å². The fraction of sp³-hybridized carbons (Fsp3) is 0. The molecule has 152 valence electrons. The van der Waals surface area contributed by atoms with Crippen molar-refractivity contribution in [2.45, 2.75) is 0 Å². The molecule has 0 saturated heterocycles. The highest BCUT2D eigenvalue weighted by Gasteiger charge is 2.18. The minimum absolute atomic E-state index is 0.525. The van der Waals surface area contributed by atoms with Gasteiger partial charge in [0.2, 0.25) is 5.88 Å². The van der Waals surface area contributed by atoms with Gasteiger partial charge in [0.15, 0.2) is 5.82 Å². The summed E-state index contributed by atoms with van der Waals surface area (Å²) in [6, 6.07) is 22.0. The third-order valence-corrected chi connectivity index (χ3v) is 6.10. The van der Waals surface area contributed by atoms with Gasteiger partial charge in [-0.3, -0.25) is 9.97 Å². The topological polar surface area (TPSA) is 60.8 Å². The largest absolute Gasteiger partial charge is 0.438 e. The molecule has 6 heteroatoms. The SMILES string of the molecule is c1ccc(-c2csc3nc(-c4cccnc4)nc(Oc4ccc5ccncc5c4)c23)cc1. The Morgan fingerprint density at radius 3 is 2.47 bits per heavy atom. The molecule has 6 rings (SSSR count). The number of benzene rings is 2. The summed E-state index contributed by atoms with van der Waals surface area (Å²) in [4.78, 5) is 19.0. The van der Waals surface area contributed by atoms with Crippen LogP contribution in [-0.2, 0) is 0 Å². The monoisotopic (exact) mass is 432 g/mol. The maximum absolute atomic E-state index is 6.39. The summed E-state index contributed by atoms with van der Waals surface area (Å²) in [7, 11) is 0. The van der Waals surface area contributed by atoms with Crippen LogP contribution in [0.25, 0.3) is 43.5 Å². The van der Waals surface area contributed by atoms with Crippen molar-refractivity contribution in [2.75, 3.05) is 0 Å². The van der Waals surface area contributed by atoms with E-state index < -0.39 is 0 Å². The van der Waals surface area contributed by atoms with Crippen molar-refractivity contribution in [1.82, 2.24) is 19.9 Å². The lowest BCUT2D eigenvalue weighted by molar-refractivity contribution is 0.470. The highest BCUT2D eigenvalue weighted by molar-refractivity contribution is 7.17. The van der Waals surface area contributed by atoms with Gasteiger partial charge in [-0.25, -0.2) is 4.98 Å². The summed E-state index contributed by atoms with van der Waals surface area (Å²) in [6.45, 7) is 0. The molecule has 0 saturated carbocycles. The molecule has 0 spiro atoms. The van der Waals surface area contributed by atoms with Gasteiger partial charge in [-0.1, -0.05) is 36.4 Å². The van der Waals surface area contributed by atoms with E-state index in [1.165, 1.54) is 0 Å². The van der Waals surface area contributed by atoms with E-state index in [2.05, 4.69) is 27.5 Å². The molecular weight excluding hydrogens is 416 g/mol. The van der Waals surface area contributed by atoms with E-state index in [0.29, 0.717) is 17.5 Å². The Hall–Kier alpha value is -4.16. The molecule has 0 unspecified atom stereocenters. The molecule has 0 aliphatic rings. The minimum Gasteiger partial charge on any atom is -0.438 e. The fourth-order valence-electron chi connectivity index (χ4n) is 3.68. The van der Waals surface area contributed by atoms with Gasteiger partial charge >= 0.3 is 0 Å². The zero-order valence-corrected chi connectivity index (χ0v) is 17.7. The summed E-state index contributed by atoms with van der Waals surface area (Å²) < 4.78 is 6.39. The number of thiophene rings is 1. The number of aromatic nitrogens is 4. The first-order chi connectivity index (χ1) is 15.8. The Labute approximate surface area is 188 Å². The molecule has 0 bridgehead atoms. The number of fused-ring (bicyclic) bond motifs is 2. The highest BCUT2D eigenvalue weighted by Crippen LogP contribution is 2.40. The second-order valence-corrected chi connectivity index (χ2v) is 8.13. The second-order valence-electron chi connectivity index (χ2n) is 7.28. The molecule has 4 heterocycles. The van der Waals surface area contributed by atoms with Crippen molar-refractivity contribution in [3.8, 4) is 34.1 Å². The van der Waals surface area contributed by atoms with Gasteiger partial charge < -0.3 is 4.74 Å². The van der Waals surface area contributed by atoms with E-state index in [-0.39, 0.29) is 0 Å². The Balaban J connectivity index is 1.55. The maximum Gasteiger partial charge on any atom is 0.232 e. The summed E-state index contributed by atoms with van der Waals surface area (Å²) >= 11 is 1.58. The molecule has 0 N–H and O–H groups in total. The summed E-state index contributed by atoms with van der Waals surface area (Å²) in [5.74, 6) is 1.81. The Bertz CT molecular complexity index is 1550. The number of hydrogen-bond acceptors (Lipinski definition) is 6. The summed E-state index contributed by atoms with van der Waals surface area (Å²) in [5.41, 5.74) is 3.00. The van der Waals surface area contributed by atoms with Gasteiger partial charge in [-0.2, -0.15) is 4.98 Å². The predicted molar refractivity (Wildman–Crippen MR) is 128 cm³/mol.